The highest BCUT2D eigenvalue weighted by Gasteiger charge is 2.02. The van der Waals surface area contributed by atoms with E-state index in [1.807, 2.05) is 26.0 Å². The van der Waals surface area contributed by atoms with Crippen LogP contribution in [0.3, 0.4) is 0 Å². The number of hydrogen-bond donors (Lipinski definition) is 1. The Morgan fingerprint density at radius 1 is 1.21 bits per heavy atom. The molecule has 0 atom stereocenters. The van der Waals surface area contributed by atoms with Gasteiger partial charge in [-0.3, -0.25) is 0 Å². The van der Waals surface area contributed by atoms with Gasteiger partial charge in [0.2, 0.25) is 0 Å². The first kappa shape index (κ1) is 10.8. The van der Waals surface area contributed by atoms with Gasteiger partial charge in [-0.25, -0.2) is 0 Å². The molecule has 1 rings (SSSR count). The van der Waals surface area contributed by atoms with Crippen molar-refractivity contribution in [1.82, 2.24) is 0 Å². The van der Waals surface area contributed by atoms with Crippen molar-refractivity contribution in [2.24, 2.45) is 0 Å². The highest BCUT2D eigenvalue weighted by atomic mass is 16.3. The standard InChI is InChI=1S/C13H18O/c1-9(2)5-6-13-10(3)7-12(14)8-11(13)4/h5,7-8,14H,6H2,1-4H3. The minimum atomic E-state index is 0.362. The van der Waals surface area contributed by atoms with Gasteiger partial charge in [0, 0.05) is 0 Å². The summed E-state index contributed by atoms with van der Waals surface area (Å²) in [5, 5.41) is 9.38. The third-order valence-corrected chi connectivity index (χ3v) is 2.40. The van der Waals surface area contributed by atoms with E-state index in [1.165, 1.54) is 22.3 Å². The van der Waals surface area contributed by atoms with Crippen molar-refractivity contribution in [3.05, 3.63) is 40.5 Å². The highest BCUT2D eigenvalue weighted by molar-refractivity contribution is 5.41. The molecule has 1 aromatic carbocycles. The summed E-state index contributed by atoms with van der Waals surface area (Å²) >= 11 is 0. The normalized spacial score (nSPS) is 10.0. The van der Waals surface area contributed by atoms with Crippen LogP contribution in [0.2, 0.25) is 0 Å². The highest BCUT2D eigenvalue weighted by Crippen LogP contribution is 2.21. The van der Waals surface area contributed by atoms with Gasteiger partial charge in [0.25, 0.3) is 0 Å². The molecular formula is C13H18O. The largest absolute Gasteiger partial charge is 0.508 e. The number of rotatable bonds is 2. The Labute approximate surface area is 86.1 Å². The predicted octanol–water partition coefficient (Wildman–Crippen LogP) is 3.52. The fraction of sp³-hybridized carbons (Fsp3) is 0.385. The molecule has 1 aromatic rings. The molecule has 1 heteroatoms. The van der Waals surface area contributed by atoms with Crippen molar-refractivity contribution in [2.75, 3.05) is 0 Å². The summed E-state index contributed by atoms with van der Waals surface area (Å²) in [5.41, 5.74) is 4.99. The number of hydrogen-bond acceptors (Lipinski definition) is 1. The molecule has 0 fully saturated rings. The van der Waals surface area contributed by atoms with Crippen LogP contribution in [-0.4, -0.2) is 5.11 Å². The van der Waals surface area contributed by atoms with E-state index in [0.29, 0.717) is 5.75 Å². The van der Waals surface area contributed by atoms with Crippen LogP contribution in [0.15, 0.2) is 23.8 Å². The van der Waals surface area contributed by atoms with Crippen molar-refractivity contribution < 1.29 is 5.11 Å². The third kappa shape index (κ3) is 2.63. The van der Waals surface area contributed by atoms with Crippen molar-refractivity contribution in [3.63, 3.8) is 0 Å². The van der Waals surface area contributed by atoms with Gasteiger partial charge in [0.15, 0.2) is 0 Å². The van der Waals surface area contributed by atoms with Gasteiger partial charge >= 0.3 is 0 Å². The van der Waals surface area contributed by atoms with Crippen molar-refractivity contribution in [1.29, 1.82) is 0 Å². The summed E-state index contributed by atoms with van der Waals surface area (Å²) in [6.45, 7) is 8.29. The van der Waals surface area contributed by atoms with E-state index in [-0.39, 0.29) is 0 Å². The first-order valence-corrected chi connectivity index (χ1v) is 4.93. The van der Waals surface area contributed by atoms with Crippen LogP contribution in [0, 0.1) is 13.8 Å². The van der Waals surface area contributed by atoms with E-state index < -0.39 is 0 Å². The van der Waals surface area contributed by atoms with E-state index >= 15 is 0 Å². The lowest BCUT2D eigenvalue weighted by Crippen LogP contribution is -1.92. The fourth-order valence-corrected chi connectivity index (χ4v) is 1.60. The quantitative estimate of drug-likeness (QED) is 0.707. The van der Waals surface area contributed by atoms with Gasteiger partial charge in [-0.2, -0.15) is 0 Å². The molecule has 0 aromatic heterocycles. The van der Waals surface area contributed by atoms with Gasteiger partial charge in [0.05, 0.1) is 0 Å². The van der Waals surface area contributed by atoms with Gasteiger partial charge in [-0.1, -0.05) is 11.6 Å². The Kier molecular flexibility index (Phi) is 3.34. The molecule has 14 heavy (non-hydrogen) atoms. The molecule has 76 valence electrons. The maximum Gasteiger partial charge on any atom is 0.116 e. The summed E-state index contributed by atoms with van der Waals surface area (Å²) in [6, 6.07) is 3.64. The molecule has 0 radical (unpaired) electrons. The molecule has 0 aliphatic rings. The maximum absolute atomic E-state index is 9.38. The van der Waals surface area contributed by atoms with Crippen LogP contribution >= 0.6 is 0 Å². The van der Waals surface area contributed by atoms with E-state index in [4.69, 9.17) is 0 Å². The zero-order valence-electron chi connectivity index (χ0n) is 9.39. The van der Waals surface area contributed by atoms with Crippen LogP contribution in [-0.2, 0) is 6.42 Å². The molecule has 1 N–H and O–H groups in total. The third-order valence-electron chi connectivity index (χ3n) is 2.40. The lowest BCUT2D eigenvalue weighted by molar-refractivity contribution is 0.474. The lowest BCUT2D eigenvalue weighted by Gasteiger charge is -2.08. The molecule has 0 amide bonds. The smallest absolute Gasteiger partial charge is 0.116 e. The van der Waals surface area contributed by atoms with Crippen LogP contribution < -0.4 is 0 Å². The number of phenolic OH excluding ortho intramolecular Hbond substituents is 1. The van der Waals surface area contributed by atoms with Crippen molar-refractivity contribution in [2.45, 2.75) is 34.1 Å². The number of benzene rings is 1. The Morgan fingerprint density at radius 3 is 2.14 bits per heavy atom. The van der Waals surface area contributed by atoms with Crippen LogP contribution in [0.5, 0.6) is 5.75 Å². The first-order valence-electron chi connectivity index (χ1n) is 4.93. The number of allylic oxidation sites excluding steroid dienone is 2. The Morgan fingerprint density at radius 2 is 1.71 bits per heavy atom. The summed E-state index contributed by atoms with van der Waals surface area (Å²) in [5.74, 6) is 0.362. The molecule has 0 unspecified atom stereocenters. The van der Waals surface area contributed by atoms with Gasteiger partial charge < -0.3 is 5.11 Å². The number of phenols is 1. The summed E-state index contributed by atoms with van der Waals surface area (Å²) in [4.78, 5) is 0. The second-order valence-corrected chi connectivity index (χ2v) is 4.04. The first-order chi connectivity index (χ1) is 6.50. The Balaban J connectivity index is 3.03. The topological polar surface area (TPSA) is 20.2 Å². The monoisotopic (exact) mass is 190 g/mol. The zero-order chi connectivity index (χ0) is 10.7. The molecule has 0 bridgehead atoms. The second kappa shape index (κ2) is 4.32. The van der Waals surface area contributed by atoms with E-state index in [2.05, 4.69) is 19.9 Å². The minimum absolute atomic E-state index is 0.362. The molecule has 0 saturated heterocycles. The number of aryl methyl sites for hydroxylation is 2. The van der Waals surface area contributed by atoms with Crippen LogP contribution in [0.4, 0.5) is 0 Å². The SMILES string of the molecule is CC(C)=CCc1c(C)cc(O)cc1C. The molecule has 0 spiro atoms. The molecule has 0 heterocycles. The van der Waals surface area contributed by atoms with Crippen molar-refractivity contribution >= 4 is 0 Å². The molecule has 0 saturated carbocycles. The average Bonchev–Trinajstić information content (AvgIpc) is 2.01. The lowest BCUT2D eigenvalue weighted by atomic mass is 9.99. The molecular weight excluding hydrogens is 172 g/mol. The van der Waals surface area contributed by atoms with E-state index in [0.717, 1.165) is 6.42 Å². The zero-order valence-corrected chi connectivity index (χ0v) is 9.39. The summed E-state index contributed by atoms with van der Waals surface area (Å²) < 4.78 is 0. The molecule has 0 aliphatic heterocycles. The molecule has 0 aliphatic carbocycles. The summed E-state index contributed by atoms with van der Waals surface area (Å²) in [7, 11) is 0. The molecule has 1 nitrogen and oxygen atoms in total. The maximum atomic E-state index is 9.38. The van der Waals surface area contributed by atoms with Gasteiger partial charge in [0.1, 0.15) is 5.75 Å². The fourth-order valence-electron chi connectivity index (χ4n) is 1.60. The average molecular weight is 190 g/mol. The second-order valence-electron chi connectivity index (χ2n) is 4.04. The van der Waals surface area contributed by atoms with E-state index in [1.54, 1.807) is 0 Å². The predicted molar refractivity (Wildman–Crippen MR) is 60.7 cm³/mol. The minimum Gasteiger partial charge on any atom is -0.508 e. The number of aromatic hydroxyl groups is 1. The van der Waals surface area contributed by atoms with E-state index in [9.17, 15) is 5.11 Å². The Hall–Kier alpha value is -1.24. The van der Waals surface area contributed by atoms with Gasteiger partial charge in [-0.05, 0) is 62.9 Å². The van der Waals surface area contributed by atoms with Crippen molar-refractivity contribution in [3.8, 4) is 5.75 Å². The van der Waals surface area contributed by atoms with Gasteiger partial charge in [-0.15, -0.1) is 0 Å². The van der Waals surface area contributed by atoms with Crippen LogP contribution in [0.1, 0.15) is 30.5 Å². The summed E-state index contributed by atoms with van der Waals surface area (Å²) in [6.07, 6.45) is 3.17. The Bertz CT molecular complexity index is 334. The van der Waals surface area contributed by atoms with Crippen LogP contribution in [0.25, 0.3) is 0 Å².